The van der Waals surface area contributed by atoms with Crippen molar-refractivity contribution in [2.45, 2.75) is 44.2 Å². The molecule has 2 heterocycles. The molecule has 1 spiro atoms. The Morgan fingerprint density at radius 1 is 1.33 bits per heavy atom. The number of piperazine rings is 1. The van der Waals surface area contributed by atoms with E-state index >= 15 is 0 Å². The molecule has 1 aromatic rings. The van der Waals surface area contributed by atoms with E-state index in [1.807, 2.05) is 12.4 Å². The highest BCUT2D eigenvalue weighted by Crippen LogP contribution is 2.30. The zero-order chi connectivity index (χ0) is 12.4. The van der Waals surface area contributed by atoms with Crippen LogP contribution in [0, 0.1) is 0 Å². The summed E-state index contributed by atoms with van der Waals surface area (Å²) >= 11 is 0. The van der Waals surface area contributed by atoms with Crippen LogP contribution in [0.3, 0.4) is 0 Å². The van der Waals surface area contributed by atoms with Crippen LogP contribution in [0.15, 0.2) is 12.4 Å². The number of hydrogen-bond donors (Lipinski definition) is 1. The first-order valence-corrected chi connectivity index (χ1v) is 7.21. The Kier molecular flexibility index (Phi) is 3.39. The Balaban J connectivity index is 1.65. The Morgan fingerprint density at radius 3 is 2.89 bits per heavy atom. The smallest absolute Gasteiger partial charge is 0.122 e. The molecule has 1 saturated heterocycles. The van der Waals surface area contributed by atoms with Crippen molar-refractivity contribution in [3.05, 3.63) is 18.2 Å². The standard InChI is InChI=1S/C14H24N4/c1-17-9-7-15-13(17)11-18-10-8-16-14(12-18)5-3-2-4-6-14/h7,9,16H,2-6,8,10-12H2,1H3. The molecule has 0 aromatic carbocycles. The second kappa shape index (κ2) is 5.02. The summed E-state index contributed by atoms with van der Waals surface area (Å²) in [4.78, 5) is 7.02. The Labute approximate surface area is 109 Å². The van der Waals surface area contributed by atoms with Gasteiger partial charge in [0.2, 0.25) is 0 Å². The molecule has 1 aliphatic heterocycles. The van der Waals surface area contributed by atoms with Gasteiger partial charge in [0.05, 0.1) is 6.54 Å². The highest BCUT2D eigenvalue weighted by atomic mass is 15.2. The fourth-order valence-electron chi connectivity index (χ4n) is 3.49. The topological polar surface area (TPSA) is 33.1 Å². The lowest BCUT2D eigenvalue weighted by molar-refractivity contribution is 0.0921. The van der Waals surface area contributed by atoms with E-state index < -0.39 is 0 Å². The summed E-state index contributed by atoms with van der Waals surface area (Å²) in [7, 11) is 2.08. The summed E-state index contributed by atoms with van der Waals surface area (Å²) in [5.74, 6) is 1.18. The van der Waals surface area contributed by atoms with Gasteiger partial charge < -0.3 is 9.88 Å². The maximum atomic E-state index is 4.44. The van der Waals surface area contributed by atoms with Gasteiger partial charge in [-0.3, -0.25) is 4.90 Å². The number of hydrogen-bond acceptors (Lipinski definition) is 3. The molecular weight excluding hydrogens is 224 g/mol. The van der Waals surface area contributed by atoms with Gasteiger partial charge in [-0.25, -0.2) is 4.98 Å². The van der Waals surface area contributed by atoms with E-state index in [9.17, 15) is 0 Å². The minimum atomic E-state index is 0.404. The van der Waals surface area contributed by atoms with E-state index in [1.165, 1.54) is 44.5 Å². The third-order valence-electron chi connectivity index (χ3n) is 4.55. The van der Waals surface area contributed by atoms with Crippen molar-refractivity contribution in [3.8, 4) is 0 Å². The monoisotopic (exact) mass is 248 g/mol. The van der Waals surface area contributed by atoms with E-state index in [2.05, 4.69) is 26.8 Å². The van der Waals surface area contributed by atoms with Gasteiger partial charge in [0.1, 0.15) is 5.82 Å². The first-order chi connectivity index (χ1) is 8.77. The Hall–Kier alpha value is -0.870. The van der Waals surface area contributed by atoms with Crippen LogP contribution < -0.4 is 5.32 Å². The highest BCUT2D eigenvalue weighted by Gasteiger charge is 2.36. The molecule has 1 aliphatic carbocycles. The van der Waals surface area contributed by atoms with Crippen LogP contribution >= 0.6 is 0 Å². The molecule has 0 atom stereocenters. The first kappa shape index (κ1) is 12.2. The Morgan fingerprint density at radius 2 is 2.17 bits per heavy atom. The SMILES string of the molecule is Cn1ccnc1CN1CCNC2(CCCCC2)C1. The van der Waals surface area contributed by atoms with Crippen molar-refractivity contribution in [2.24, 2.45) is 7.05 Å². The molecule has 0 unspecified atom stereocenters. The van der Waals surface area contributed by atoms with Gasteiger partial charge in [0, 0.05) is 44.6 Å². The minimum Gasteiger partial charge on any atom is -0.337 e. The summed E-state index contributed by atoms with van der Waals surface area (Å²) in [5.41, 5.74) is 0.404. The van der Waals surface area contributed by atoms with Gasteiger partial charge in [-0.05, 0) is 12.8 Å². The van der Waals surface area contributed by atoms with Gasteiger partial charge in [-0.2, -0.15) is 0 Å². The second-order valence-corrected chi connectivity index (χ2v) is 5.93. The van der Waals surface area contributed by atoms with Crippen molar-refractivity contribution < 1.29 is 0 Å². The lowest BCUT2D eigenvalue weighted by Crippen LogP contribution is -2.60. The van der Waals surface area contributed by atoms with Crippen molar-refractivity contribution in [3.63, 3.8) is 0 Å². The fourth-order valence-corrected chi connectivity index (χ4v) is 3.49. The summed E-state index contributed by atoms with van der Waals surface area (Å²) in [6.07, 6.45) is 10.8. The fraction of sp³-hybridized carbons (Fsp3) is 0.786. The van der Waals surface area contributed by atoms with Gasteiger partial charge in [-0.15, -0.1) is 0 Å². The number of imidazole rings is 1. The van der Waals surface area contributed by atoms with Crippen LogP contribution in [0.1, 0.15) is 37.9 Å². The highest BCUT2D eigenvalue weighted by molar-refractivity contribution is 4.99. The zero-order valence-electron chi connectivity index (χ0n) is 11.4. The lowest BCUT2D eigenvalue weighted by Gasteiger charge is -2.46. The van der Waals surface area contributed by atoms with E-state index in [1.54, 1.807) is 0 Å². The molecule has 3 rings (SSSR count). The van der Waals surface area contributed by atoms with Crippen LogP contribution in [-0.2, 0) is 13.6 Å². The molecule has 4 heteroatoms. The van der Waals surface area contributed by atoms with E-state index in [0.717, 1.165) is 19.6 Å². The normalized spacial score (nSPS) is 24.5. The third-order valence-corrected chi connectivity index (χ3v) is 4.55. The number of aryl methyl sites for hydroxylation is 1. The maximum Gasteiger partial charge on any atom is 0.122 e. The number of nitrogens with zero attached hydrogens (tertiary/aromatic N) is 3. The number of aromatic nitrogens is 2. The first-order valence-electron chi connectivity index (χ1n) is 7.21. The van der Waals surface area contributed by atoms with Crippen LogP contribution in [0.4, 0.5) is 0 Å². The minimum absolute atomic E-state index is 0.404. The second-order valence-electron chi connectivity index (χ2n) is 5.93. The van der Waals surface area contributed by atoms with Gasteiger partial charge >= 0.3 is 0 Å². The van der Waals surface area contributed by atoms with Crippen LogP contribution in [0.5, 0.6) is 0 Å². The molecule has 2 fully saturated rings. The van der Waals surface area contributed by atoms with Gasteiger partial charge in [0.25, 0.3) is 0 Å². The zero-order valence-corrected chi connectivity index (χ0v) is 11.4. The van der Waals surface area contributed by atoms with E-state index in [4.69, 9.17) is 0 Å². The third kappa shape index (κ3) is 2.45. The molecule has 2 aliphatic rings. The average Bonchev–Trinajstić information content (AvgIpc) is 2.76. The molecule has 18 heavy (non-hydrogen) atoms. The van der Waals surface area contributed by atoms with Crippen molar-refractivity contribution in [2.75, 3.05) is 19.6 Å². The lowest BCUT2D eigenvalue weighted by atomic mass is 9.80. The molecule has 1 aromatic heterocycles. The predicted octanol–water partition coefficient (Wildman–Crippen LogP) is 1.53. The molecule has 0 bridgehead atoms. The van der Waals surface area contributed by atoms with Crippen LogP contribution in [-0.4, -0.2) is 39.6 Å². The van der Waals surface area contributed by atoms with Gasteiger partial charge in [0.15, 0.2) is 0 Å². The largest absolute Gasteiger partial charge is 0.337 e. The molecule has 0 radical (unpaired) electrons. The summed E-state index contributed by atoms with van der Waals surface area (Å²) in [6, 6.07) is 0. The van der Waals surface area contributed by atoms with Crippen molar-refractivity contribution in [1.82, 2.24) is 19.8 Å². The quantitative estimate of drug-likeness (QED) is 0.861. The maximum absolute atomic E-state index is 4.44. The molecule has 100 valence electrons. The molecule has 4 nitrogen and oxygen atoms in total. The van der Waals surface area contributed by atoms with Crippen LogP contribution in [0.25, 0.3) is 0 Å². The molecule has 0 amide bonds. The molecule has 1 saturated carbocycles. The van der Waals surface area contributed by atoms with E-state index in [-0.39, 0.29) is 0 Å². The van der Waals surface area contributed by atoms with Gasteiger partial charge in [-0.1, -0.05) is 19.3 Å². The van der Waals surface area contributed by atoms with Crippen molar-refractivity contribution >= 4 is 0 Å². The Bertz CT molecular complexity index is 387. The molecule has 1 N–H and O–H groups in total. The molecular formula is C14H24N4. The predicted molar refractivity (Wildman–Crippen MR) is 72.3 cm³/mol. The summed E-state index contributed by atoms with van der Waals surface area (Å²) in [6.45, 7) is 4.46. The van der Waals surface area contributed by atoms with E-state index in [0.29, 0.717) is 5.54 Å². The number of rotatable bonds is 2. The summed E-state index contributed by atoms with van der Waals surface area (Å²) in [5, 5.41) is 3.79. The number of nitrogens with one attached hydrogen (secondary N) is 1. The average molecular weight is 248 g/mol. The summed E-state index contributed by atoms with van der Waals surface area (Å²) < 4.78 is 2.13. The van der Waals surface area contributed by atoms with Crippen LogP contribution in [0.2, 0.25) is 0 Å². The van der Waals surface area contributed by atoms with Crippen molar-refractivity contribution in [1.29, 1.82) is 0 Å².